The van der Waals surface area contributed by atoms with E-state index in [1.54, 1.807) is 0 Å². The van der Waals surface area contributed by atoms with E-state index in [1.165, 1.54) is 47.7 Å². The highest BCUT2D eigenvalue weighted by molar-refractivity contribution is 7.15. The second-order valence-corrected chi connectivity index (χ2v) is 7.32. The van der Waals surface area contributed by atoms with Gasteiger partial charge in [-0.05, 0) is 43.5 Å². The van der Waals surface area contributed by atoms with E-state index in [2.05, 4.69) is 52.7 Å². The van der Waals surface area contributed by atoms with Crippen molar-refractivity contribution in [3.63, 3.8) is 0 Å². The predicted molar refractivity (Wildman–Crippen MR) is 89.6 cm³/mol. The summed E-state index contributed by atoms with van der Waals surface area (Å²) in [5.41, 5.74) is 1.33. The largest absolute Gasteiger partial charge is 0.307 e. The minimum absolute atomic E-state index is 0.703. The molecule has 2 aliphatic rings. The molecule has 3 heterocycles. The number of benzene rings is 1. The number of thiophene rings is 1. The third-order valence-corrected chi connectivity index (χ3v) is 6.00. The second kappa shape index (κ2) is 5.91. The summed E-state index contributed by atoms with van der Waals surface area (Å²) in [5, 5.41) is 3.80. The smallest absolute Gasteiger partial charge is 0.0346 e. The van der Waals surface area contributed by atoms with Crippen molar-refractivity contribution in [3.05, 3.63) is 47.3 Å². The molecular weight excluding hydrogens is 276 g/mol. The highest BCUT2D eigenvalue weighted by atomic mass is 32.1. The zero-order valence-electron chi connectivity index (χ0n) is 12.3. The first-order valence-electron chi connectivity index (χ1n) is 8.02. The van der Waals surface area contributed by atoms with E-state index in [1.807, 2.05) is 11.3 Å². The molecule has 0 saturated carbocycles. The fourth-order valence-electron chi connectivity index (χ4n) is 3.78. The van der Waals surface area contributed by atoms with Gasteiger partial charge in [-0.15, -0.1) is 11.3 Å². The van der Waals surface area contributed by atoms with Gasteiger partial charge in [0.15, 0.2) is 0 Å². The standard InChI is InChI=1S/C18H22N2S/c1-2-5-14(6-3-1)18-9-8-15(21-18)13-19-16-10-12-20-11-4-7-17(16)20/h1-3,5-6,8-9,16-17,19H,4,7,10-13H2. The van der Waals surface area contributed by atoms with Gasteiger partial charge in [-0.3, -0.25) is 4.90 Å². The van der Waals surface area contributed by atoms with Gasteiger partial charge in [0, 0.05) is 34.9 Å². The molecule has 4 rings (SSSR count). The Bertz CT molecular complexity index is 592. The van der Waals surface area contributed by atoms with Gasteiger partial charge in [-0.1, -0.05) is 30.3 Å². The van der Waals surface area contributed by atoms with Crippen LogP contribution in [0.4, 0.5) is 0 Å². The topological polar surface area (TPSA) is 15.3 Å². The molecule has 21 heavy (non-hydrogen) atoms. The van der Waals surface area contributed by atoms with Crippen LogP contribution in [0.1, 0.15) is 24.1 Å². The molecule has 2 nitrogen and oxygen atoms in total. The molecule has 2 saturated heterocycles. The number of rotatable bonds is 4. The van der Waals surface area contributed by atoms with E-state index >= 15 is 0 Å². The Labute approximate surface area is 130 Å². The third kappa shape index (κ3) is 2.78. The van der Waals surface area contributed by atoms with Crippen molar-refractivity contribution in [2.75, 3.05) is 13.1 Å². The predicted octanol–water partition coefficient (Wildman–Crippen LogP) is 3.74. The fraction of sp³-hybridized carbons (Fsp3) is 0.444. The van der Waals surface area contributed by atoms with Gasteiger partial charge in [-0.2, -0.15) is 0 Å². The van der Waals surface area contributed by atoms with Crippen LogP contribution in [0.3, 0.4) is 0 Å². The van der Waals surface area contributed by atoms with Crippen molar-refractivity contribution in [1.29, 1.82) is 0 Å². The molecule has 110 valence electrons. The average Bonchev–Trinajstić information content (AvgIpc) is 3.23. The maximum atomic E-state index is 3.80. The minimum Gasteiger partial charge on any atom is -0.307 e. The van der Waals surface area contributed by atoms with Gasteiger partial charge >= 0.3 is 0 Å². The number of fused-ring (bicyclic) bond motifs is 1. The summed E-state index contributed by atoms with van der Waals surface area (Å²) in [6, 6.07) is 16.7. The Kier molecular flexibility index (Phi) is 3.80. The molecule has 2 unspecified atom stereocenters. The van der Waals surface area contributed by atoms with Crippen LogP contribution >= 0.6 is 11.3 Å². The normalized spacial score (nSPS) is 25.3. The molecule has 0 bridgehead atoms. The molecule has 2 fully saturated rings. The van der Waals surface area contributed by atoms with Crippen molar-refractivity contribution in [1.82, 2.24) is 10.2 Å². The first-order valence-corrected chi connectivity index (χ1v) is 8.83. The van der Waals surface area contributed by atoms with Crippen LogP contribution in [0.5, 0.6) is 0 Å². The molecule has 2 atom stereocenters. The Morgan fingerprint density at radius 2 is 1.95 bits per heavy atom. The quantitative estimate of drug-likeness (QED) is 0.925. The summed E-state index contributed by atoms with van der Waals surface area (Å²) in [7, 11) is 0. The molecule has 3 heteroatoms. The first kappa shape index (κ1) is 13.5. The maximum absolute atomic E-state index is 3.80. The zero-order valence-corrected chi connectivity index (χ0v) is 13.1. The fourth-order valence-corrected chi connectivity index (χ4v) is 4.75. The number of hydrogen-bond donors (Lipinski definition) is 1. The summed E-state index contributed by atoms with van der Waals surface area (Å²) in [6.45, 7) is 3.63. The molecule has 0 amide bonds. The molecule has 1 aromatic carbocycles. The Morgan fingerprint density at radius 3 is 2.86 bits per heavy atom. The van der Waals surface area contributed by atoms with Gasteiger partial charge < -0.3 is 5.32 Å². The molecule has 0 radical (unpaired) electrons. The summed E-state index contributed by atoms with van der Waals surface area (Å²) in [5.74, 6) is 0. The summed E-state index contributed by atoms with van der Waals surface area (Å²) >= 11 is 1.92. The van der Waals surface area contributed by atoms with Gasteiger partial charge in [0.1, 0.15) is 0 Å². The van der Waals surface area contributed by atoms with E-state index in [9.17, 15) is 0 Å². The Morgan fingerprint density at radius 1 is 1.05 bits per heavy atom. The summed E-state index contributed by atoms with van der Waals surface area (Å²) in [6.07, 6.45) is 4.10. The number of nitrogens with one attached hydrogen (secondary N) is 1. The van der Waals surface area contributed by atoms with Gasteiger partial charge in [-0.25, -0.2) is 0 Å². The van der Waals surface area contributed by atoms with Crippen LogP contribution in [-0.4, -0.2) is 30.1 Å². The third-order valence-electron chi connectivity index (χ3n) is 4.86. The SMILES string of the molecule is c1ccc(-c2ccc(CNC3CCN4CCCC34)s2)cc1. The zero-order chi connectivity index (χ0) is 14.1. The highest BCUT2D eigenvalue weighted by Crippen LogP contribution is 2.30. The number of nitrogens with zero attached hydrogens (tertiary/aromatic N) is 1. The second-order valence-electron chi connectivity index (χ2n) is 6.15. The Hall–Kier alpha value is -1.16. The van der Waals surface area contributed by atoms with Crippen LogP contribution in [0, 0.1) is 0 Å². The van der Waals surface area contributed by atoms with Crippen molar-refractivity contribution < 1.29 is 0 Å². The molecular formula is C18H22N2S. The van der Waals surface area contributed by atoms with Crippen molar-refractivity contribution >= 4 is 11.3 Å². The first-order chi connectivity index (χ1) is 10.4. The van der Waals surface area contributed by atoms with Crippen molar-refractivity contribution in [2.24, 2.45) is 0 Å². The maximum Gasteiger partial charge on any atom is 0.0346 e. The van der Waals surface area contributed by atoms with E-state index in [4.69, 9.17) is 0 Å². The van der Waals surface area contributed by atoms with Crippen molar-refractivity contribution in [3.8, 4) is 10.4 Å². The molecule has 0 aliphatic carbocycles. The van der Waals surface area contributed by atoms with E-state index in [0.717, 1.165) is 12.6 Å². The van der Waals surface area contributed by atoms with E-state index < -0.39 is 0 Å². The lowest BCUT2D eigenvalue weighted by Gasteiger charge is -2.21. The molecule has 1 N–H and O–H groups in total. The van der Waals surface area contributed by atoms with E-state index in [-0.39, 0.29) is 0 Å². The average molecular weight is 298 g/mol. The van der Waals surface area contributed by atoms with Gasteiger partial charge in [0.2, 0.25) is 0 Å². The van der Waals surface area contributed by atoms with Gasteiger partial charge in [0.25, 0.3) is 0 Å². The Balaban J connectivity index is 1.39. The van der Waals surface area contributed by atoms with E-state index in [0.29, 0.717) is 6.04 Å². The molecule has 1 aromatic heterocycles. The minimum atomic E-state index is 0.703. The van der Waals surface area contributed by atoms with Crippen LogP contribution in [0.25, 0.3) is 10.4 Å². The van der Waals surface area contributed by atoms with Crippen LogP contribution in [-0.2, 0) is 6.54 Å². The lowest BCUT2D eigenvalue weighted by molar-refractivity contribution is 0.299. The molecule has 2 aliphatic heterocycles. The van der Waals surface area contributed by atoms with Crippen molar-refractivity contribution in [2.45, 2.75) is 37.9 Å². The monoisotopic (exact) mass is 298 g/mol. The van der Waals surface area contributed by atoms with Gasteiger partial charge in [0.05, 0.1) is 0 Å². The summed E-state index contributed by atoms with van der Waals surface area (Å²) < 4.78 is 0. The van der Waals surface area contributed by atoms with Crippen LogP contribution in [0.2, 0.25) is 0 Å². The molecule has 2 aromatic rings. The summed E-state index contributed by atoms with van der Waals surface area (Å²) in [4.78, 5) is 5.49. The lowest BCUT2D eigenvalue weighted by atomic mass is 10.1. The lowest BCUT2D eigenvalue weighted by Crippen LogP contribution is -2.38. The highest BCUT2D eigenvalue weighted by Gasteiger charge is 2.36. The molecule has 0 spiro atoms. The van der Waals surface area contributed by atoms with Crippen LogP contribution < -0.4 is 5.32 Å². The van der Waals surface area contributed by atoms with Crippen LogP contribution in [0.15, 0.2) is 42.5 Å². The number of hydrogen-bond acceptors (Lipinski definition) is 3.